The Kier molecular flexibility index (Phi) is 2.90. The van der Waals surface area contributed by atoms with E-state index in [1.54, 1.807) is 0 Å². The summed E-state index contributed by atoms with van der Waals surface area (Å²) in [7, 11) is 0. The lowest BCUT2D eigenvalue weighted by Crippen LogP contribution is -1.84. The fourth-order valence-electron chi connectivity index (χ4n) is 2.70. The van der Waals surface area contributed by atoms with E-state index in [9.17, 15) is 0 Å². The molecular weight excluding hydrogens is 270 g/mol. The summed E-state index contributed by atoms with van der Waals surface area (Å²) in [6.07, 6.45) is 0. The summed E-state index contributed by atoms with van der Waals surface area (Å²) >= 11 is 0. The Morgan fingerprint density at radius 3 is 2.00 bits per heavy atom. The van der Waals surface area contributed by atoms with Crippen molar-refractivity contribution in [1.29, 1.82) is 0 Å². The van der Waals surface area contributed by atoms with Gasteiger partial charge in [0.2, 0.25) is 0 Å². The second-order valence-corrected chi connectivity index (χ2v) is 5.31. The number of aromatic amines is 1. The van der Waals surface area contributed by atoms with E-state index in [1.165, 1.54) is 16.7 Å². The van der Waals surface area contributed by atoms with Crippen molar-refractivity contribution in [3.8, 4) is 22.3 Å². The maximum absolute atomic E-state index is 5.88. The minimum absolute atomic E-state index is 0.540. The highest BCUT2D eigenvalue weighted by Crippen LogP contribution is 2.28. The number of anilines is 1. The SMILES string of the molecule is Nc1n[nH]c2ccc(-c3ccc(-c4ccccc4)cc3)cc12. The van der Waals surface area contributed by atoms with E-state index in [1.807, 2.05) is 12.1 Å². The topological polar surface area (TPSA) is 54.7 Å². The summed E-state index contributed by atoms with van der Waals surface area (Å²) in [5.74, 6) is 0.540. The number of nitrogens with zero attached hydrogens (tertiary/aromatic N) is 1. The van der Waals surface area contributed by atoms with Crippen molar-refractivity contribution in [2.24, 2.45) is 0 Å². The highest BCUT2D eigenvalue weighted by molar-refractivity contribution is 5.92. The molecule has 3 heteroatoms. The average molecular weight is 285 g/mol. The van der Waals surface area contributed by atoms with Crippen molar-refractivity contribution in [2.75, 3.05) is 5.73 Å². The highest BCUT2D eigenvalue weighted by Gasteiger charge is 2.05. The maximum Gasteiger partial charge on any atom is 0.153 e. The Labute approximate surface area is 128 Å². The molecule has 4 aromatic rings. The number of nitrogen functional groups attached to an aromatic ring is 1. The maximum atomic E-state index is 5.88. The van der Waals surface area contributed by atoms with Crippen LogP contribution in [0.15, 0.2) is 72.8 Å². The number of H-pyrrole nitrogens is 1. The molecule has 0 saturated carbocycles. The van der Waals surface area contributed by atoms with Gasteiger partial charge in [-0.25, -0.2) is 0 Å². The number of hydrogen-bond donors (Lipinski definition) is 2. The van der Waals surface area contributed by atoms with Crippen LogP contribution in [0.5, 0.6) is 0 Å². The molecule has 0 amide bonds. The van der Waals surface area contributed by atoms with Gasteiger partial charge in [0.25, 0.3) is 0 Å². The van der Waals surface area contributed by atoms with Crippen LogP contribution in [0.2, 0.25) is 0 Å². The molecule has 0 bridgehead atoms. The van der Waals surface area contributed by atoms with Crippen LogP contribution < -0.4 is 5.73 Å². The van der Waals surface area contributed by atoms with Gasteiger partial charge in [0.1, 0.15) is 0 Å². The molecule has 106 valence electrons. The summed E-state index contributed by atoms with van der Waals surface area (Å²) in [4.78, 5) is 0. The zero-order valence-electron chi connectivity index (χ0n) is 12.0. The van der Waals surface area contributed by atoms with Crippen molar-refractivity contribution >= 4 is 16.7 Å². The van der Waals surface area contributed by atoms with Crippen LogP contribution in [0, 0.1) is 0 Å². The van der Waals surface area contributed by atoms with Crippen LogP contribution in [0.3, 0.4) is 0 Å². The minimum Gasteiger partial charge on any atom is -0.382 e. The van der Waals surface area contributed by atoms with Gasteiger partial charge >= 0.3 is 0 Å². The molecule has 0 spiro atoms. The van der Waals surface area contributed by atoms with E-state index in [0.29, 0.717) is 5.82 Å². The Morgan fingerprint density at radius 2 is 1.27 bits per heavy atom. The van der Waals surface area contributed by atoms with Gasteiger partial charge in [-0.3, -0.25) is 5.10 Å². The molecule has 0 atom stereocenters. The standard InChI is InChI=1S/C19H15N3/c20-19-17-12-16(10-11-18(17)21-22-19)15-8-6-14(7-9-15)13-4-2-1-3-5-13/h1-12H,(H3,20,21,22). The monoisotopic (exact) mass is 285 g/mol. The van der Waals surface area contributed by atoms with Crippen molar-refractivity contribution in [3.05, 3.63) is 72.8 Å². The van der Waals surface area contributed by atoms with Crippen LogP contribution in [-0.4, -0.2) is 10.2 Å². The number of rotatable bonds is 2. The molecule has 0 aliphatic heterocycles. The molecule has 0 unspecified atom stereocenters. The zero-order chi connectivity index (χ0) is 14.9. The van der Waals surface area contributed by atoms with E-state index in [0.717, 1.165) is 16.5 Å². The molecule has 3 nitrogen and oxygen atoms in total. The Hall–Kier alpha value is -3.07. The number of aromatic nitrogens is 2. The second kappa shape index (κ2) is 5.04. The molecular formula is C19H15N3. The van der Waals surface area contributed by atoms with Crippen LogP contribution >= 0.6 is 0 Å². The Bertz CT molecular complexity index is 922. The average Bonchev–Trinajstić information content (AvgIpc) is 2.96. The molecule has 0 aliphatic carbocycles. The number of nitrogens with one attached hydrogen (secondary N) is 1. The number of nitrogens with two attached hydrogens (primary N) is 1. The fourth-order valence-corrected chi connectivity index (χ4v) is 2.70. The molecule has 0 aliphatic rings. The first kappa shape index (κ1) is 12.7. The summed E-state index contributed by atoms with van der Waals surface area (Å²) in [5, 5.41) is 7.92. The molecule has 0 fully saturated rings. The fraction of sp³-hybridized carbons (Fsp3) is 0. The van der Waals surface area contributed by atoms with Gasteiger partial charge in [-0.2, -0.15) is 5.10 Å². The third-order valence-corrected chi connectivity index (χ3v) is 3.92. The van der Waals surface area contributed by atoms with E-state index < -0.39 is 0 Å². The summed E-state index contributed by atoms with van der Waals surface area (Å²) in [6.45, 7) is 0. The molecule has 3 N–H and O–H groups in total. The van der Waals surface area contributed by atoms with E-state index in [4.69, 9.17) is 5.73 Å². The first-order valence-corrected chi connectivity index (χ1v) is 7.21. The molecule has 4 rings (SSSR count). The minimum atomic E-state index is 0.540. The van der Waals surface area contributed by atoms with Gasteiger partial charge in [-0.05, 0) is 34.4 Å². The van der Waals surface area contributed by atoms with Crippen molar-refractivity contribution in [2.45, 2.75) is 0 Å². The van der Waals surface area contributed by atoms with Crippen LogP contribution in [-0.2, 0) is 0 Å². The van der Waals surface area contributed by atoms with Crippen molar-refractivity contribution in [3.63, 3.8) is 0 Å². The predicted molar refractivity (Wildman–Crippen MR) is 91.4 cm³/mol. The van der Waals surface area contributed by atoms with Gasteiger partial charge in [-0.15, -0.1) is 0 Å². The smallest absolute Gasteiger partial charge is 0.153 e. The summed E-state index contributed by atoms with van der Waals surface area (Å²) in [6, 6.07) is 25.1. The zero-order valence-corrected chi connectivity index (χ0v) is 12.0. The molecule has 1 heterocycles. The van der Waals surface area contributed by atoms with Crippen LogP contribution in [0.1, 0.15) is 0 Å². The lowest BCUT2D eigenvalue weighted by Gasteiger charge is -2.05. The summed E-state index contributed by atoms with van der Waals surface area (Å²) in [5.41, 5.74) is 11.6. The molecule has 0 radical (unpaired) electrons. The third kappa shape index (κ3) is 2.13. The first-order chi connectivity index (χ1) is 10.8. The second-order valence-electron chi connectivity index (χ2n) is 5.31. The largest absolute Gasteiger partial charge is 0.382 e. The Morgan fingerprint density at radius 1 is 0.682 bits per heavy atom. The quantitative estimate of drug-likeness (QED) is 0.570. The van der Waals surface area contributed by atoms with E-state index >= 15 is 0 Å². The number of benzene rings is 3. The molecule has 22 heavy (non-hydrogen) atoms. The molecule has 1 aromatic heterocycles. The van der Waals surface area contributed by atoms with Gasteiger partial charge in [-0.1, -0.05) is 60.7 Å². The molecule has 3 aromatic carbocycles. The normalized spacial score (nSPS) is 10.9. The van der Waals surface area contributed by atoms with E-state index in [-0.39, 0.29) is 0 Å². The van der Waals surface area contributed by atoms with Gasteiger partial charge in [0.05, 0.1) is 5.52 Å². The third-order valence-electron chi connectivity index (χ3n) is 3.92. The number of hydrogen-bond acceptors (Lipinski definition) is 2. The first-order valence-electron chi connectivity index (χ1n) is 7.21. The lowest BCUT2D eigenvalue weighted by atomic mass is 9.99. The van der Waals surface area contributed by atoms with Crippen LogP contribution in [0.25, 0.3) is 33.2 Å². The highest BCUT2D eigenvalue weighted by atomic mass is 15.1. The van der Waals surface area contributed by atoms with Gasteiger partial charge in [0.15, 0.2) is 5.82 Å². The van der Waals surface area contributed by atoms with Crippen molar-refractivity contribution < 1.29 is 0 Å². The van der Waals surface area contributed by atoms with Gasteiger partial charge in [0, 0.05) is 5.39 Å². The van der Waals surface area contributed by atoms with Crippen LogP contribution in [0.4, 0.5) is 5.82 Å². The lowest BCUT2D eigenvalue weighted by molar-refractivity contribution is 1.13. The van der Waals surface area contributed by atoms with E-state index in [2.05, 4.69) is 70.9 Å². The number of fused-ring (bicyclic) bond motifs is 1. The Balaban J connectivity index is 1.74. The molecule has 0 saturated heterocycles. The van der Waals surface area contributed by atoms with Gasteiger partial charge < -0.3 is 5.73 Å². The summed E-state index contributed by atoms with van der Waals surface area (Å²) < 4.78 is 0. The predicted octanol–water partition coefficient (Wildman–Crippen LogP) is 4.48. The van der Waals surface area contributed by atoms with Crippen molar-refractivity contribution in [1.82, 2.24) is 10.2 Å².